The molecule has 150 valence electrons. The lowest BCUT2D eigenvalue weighted by molar-refractivity contribution is -0.115. The molecule has 1 atom stereocenters. The van der Waals surface area contributed by atoms with Gasteiger partial charge >= 0.3 is 0 Å². The lowest BCUT2D eigenvalue weighted by atomic mass is 10.1. The van der Waals surface area contributed by atoms with Gasteiger partial charge in [0, 0.05) is 16.3 Å². The molecule has 7 heteroatoms. The van der Waals surface area contributed by atoms with Crippen LogP contribution in [0.5, 0.6) is 0 Å². The third-order valence-electron chi connectivity index (χ3n) is 4.53. The van der Waals surface area contributed by atoms with Gasteiger partial charge in [-0.2, -0.15) is 0 Å². The van der Waals surface area contributed by atoms with Crippen molar-refractivity contribution in [2.45, 2.75) is 17.3 Å². The first-order valence-corrected chi connectivity index (χ1v) is 10.5. The monoisotopic (exact) mass is 435 g/mol. The number of rotatable bonds is 6. The predicted octanol–water partition coefficient (Wildman–Crippen LogP) is 5.89. The van der Waals surface area contributed by atoms with Gasteiger partial charge < -0.3 is 10.3 Å². The van der Waals surface area contributed by atoms with Crippen LogP contribution in [0, 0.1) is 0 Å². The van der Waals surface area contributed by atoms with Crippen molar-refractivity contribution in [1.29, 1.82) is 0 Å². The smallest absolute Gasteiger partial charge is 0.242 e. The highest BCUT2D eigenvalue weighted by molar-refractivity contribution is 8.00. The summed E-state index contributed by atoms with van der Waals surface area (Å²) >= 11 is 7.39. The Labute approximate surface area is 182 Å². The Bertz CT molecular complexity index is 1220. The van der Waals surface area contributed by atoms with E-state index in [0.717, 1.165) is 16.6 Å². The fourth-order valence-electron chi connectivity index (χ4n) is 3.05. The molecule has 1 aromatic heterocycles. The number of ketones is 1. The lowest BCUT2D eigenvalue weighted by Gasteiger charge is -2.16. The summed E-state index contributed by atoms with van der Waals surface area (Å²) in [4.78, 5) is 32.6. The van der Waals surface area contributed by atoms with Crippen LogP contribution in [-0.4, -0.2) is 21.7 Å². The molecule has 0 saturated carbocycles. The maximum Gasteiger partial charge on any atom is 0.242 e. The molecule has 1 heterocycles. The summed E-state index contributed by atoms with van der Waals surface area (Å²) in [5.41, 5.74) is 3.56. The van der Waals surface area contributed by atoms with Crippen LogP contribution in [0.3, 0.4) is 0 Å². The van der Waals surface area contributed by atoms with Crippen molar-refractivity contribution in [2.24, 2.45) is 0 Å². The Kier molecular flexibility index (Phi) is 5.88. The Morgan fingerprint density at radius 1 is 1.03 bits per heavy atom. The van der Waals surface area contributed by atoms with Gasteiger partial charge in [0.1, 0.15) is 5.25 Å². The van der Waals surface area contributed by atoms with Crippen molar-refractivity contribution < 1.29 is 9.59 Å². The summed E-state index contributed by atoms with van der Waals surface area (Å²) in [6.07, 6.45) is 0. The number of carbonyl (C=O) groups excluding carboxylic acids is 2. The number of Topliss-reactive ketones (excluding diaryl/α,β-unsaturated/α-hetero) is 1. The summed E-state index contributed by atoms with van der Waals surface area (Å²) in [7, 11) is 0. The number of fused-ring (bicyclic) bond motifs is 1. The highest BCUT2D eigenvalue weighted by Gasteiger charge is 2.24. The minimum atomic E-state index is -0.539. The van der Waals surface area contributed by atoms with Crippen molar-refractivity contribution in [2.75, 3.05) is 5.32 Å². The van der Waals surface area contributed by atoms with Gasteiger partial charge in [-0.25, -0.2) is 4.98 Å². The zero-order valence-electron chi connectivity index (χ0n) is 16.1. The quantitative estimate of drug-likeness (QED) is 0.292. The predicted molar refractivity (Wildman–Crippen MR) is 121 cm³/mol. The van der Waals surface area contributed by atoms with Gasteiger partial charge in [0.25, 0.3) is 0 Å². The number of halogens is 1. The highest BCUT2D eigenvalue weighted by atomic mass is 35.5. The van der Waals surface area contributed by atoms with Gasteiger partial charge in [-0.05, 0) is 42.8 Å². The molecule has 3 aromatic carbocycles. The maximum absolute atomic E-state index is 13.2. The van der Waals surface area contributed by atoms with Gasteiger partial charge in [-0.15, -0.1) is 0 Å². The van der Waals surface area contributed by atoms with E-state index < -0.39 is 5.25 Å². The molecule has 0 aliphatic rings. The fourth-order valence-corrected chi connectivity index (χ4v) is 4.22. The molecule has 0 spiro atoms. The van der Waals surface area contributed by atoms with Crippen LogP contribution in [0.4, 0.5) is 5.69 Å². The molecule has 30 heavy (non-hydrogen) atoms. The number of nitrogens with one attached hydrogen (secondary N) is 2. The van der Waals surface area contributed by atoms with Crippen LogP contribution in [0.1, 0.15) is 28.1 Å². The van der Waals surface area contributed by atoms with Gasteiger partial charge in [0.15, 0.2) is 10.9 Å². The summed E-state index contributed by atoms with van der Waals surface area (Å²) in [6, 6.07) is 21.8. The maximum atomic E-state index is 13.2. The van der Waals surface area contributed by atoms with E-state index >= 15 is 0 Å². The van der Waals surface area contributed by atoms with Crippen LogP contribution in [-0.2, 0) is 4.79 Å². The molecule has 2 N–H and O–H groups in total. The SMILES string of the molecule is CC(=O)c1cccc(NC(=O)[C@H](Sc2nc3ccc(Cl)cc3[nH]2)c2ccccc2)c1. The van der Waals surface area contributed by atoms with E-state index in [9.17, 15) is 9.59 Å². The third-order valence-corrected chi connectivity index (χ3v) is 5.90. The van der Waals surface area contributed by atoms with Crippen molar-refractivity contribution in [1.82, 2.24) is 9.97 Å². The van der Waals surface area contributed by atoms with Crippen molar-refractivity contribution >= 4 is 51.8 Å². The molecule has 4 aromatic rings. The molecule has 0 aliphatic carbocycles. The number of H-pyrrole nitrogens is 1. The number of carbonyl (C=O) groups is 2. The van der Waals surface area contributed by atoms with Crippen LogP contribution in [0.15, 0.2) is 78.0 Å². The van der Waals surface area contributed by atoms with Crippen molar-refractivity contribution in [3.8, 4) is 0 Å². The molecule has 0 unspecified atom stereocenters. The van der Waals surface area contributed by atoms with Crippen LogP contribution in [0.25, 0.3) is 11.0 Å². The molecular formula is C23H18ClN3O2S. The highest BCUT2D eigenvalue weighted by Crippen LogP contribution is 2.36. The average Bonchev–Trinajstić information content (AvgIpc) is 3.14. The summed E-state index contributed by atoms with van der Waals surface area (Å²) in [6.45, 7) is 1.50. The van der Waals surface area contributed by atoms with Crippen LogP contribution >= 0.6 is 23.4 Å². The number of thioether (sulfide) groups is 1. The number of anilines is 1. The number of hydrogen-bond acceptors (Lipinski definition) is 4. The lowest BCUT2D eigenvalue weighted by Crippen LogP contribution is -2.19. The number of imidazole rings is 1. The second-order valence-electron chi connectivity index (χ2n) is 6.74. The second kappa shape index (κ2) is 8.73. The number of aromatic nitrogens is 2. The molecule has 0 aliphatic heterocycles. The van der Waals surface area contributed by atoms with Crippen molar-refractivity contribution in [3.05, 3.63) is 88.9 Å². The number of nitrogens with zero attached hydrogens (tertiary/aromatic N) is 1. The van der Waals surface area contributed by atoms with E-state index in [2.05, 4.69) is 15.3 Å². The van der Waals surface area contributed by atoms with E-state index in [1.807, 2.05) is 36.4 Å². The minimum absolute atomic E-state index is 0.0546. The second-order valence-corrected chi connectivity index (χ2v) is 8.27. The Morgan fingerprint density at radius 2 is 1.83 bits per heavy atom. The summed E-state index contributed by atoms with van der Waals surface area (Å²) in [5.74, 6) is -0.258. The standard InChI is InChI=1S/C23H18ClN3O2S/c1-14(28)16-8-5-9-18(12-16)25-22(29)21(15-6-3-2-4-7-15)30-23-26-19-11-10-17(24)13-20(19)27-23/h2-13,21H,1H3,(H,25,29)(H,26,27)/t21-/m1/s1. The summed E-state index contributed by atoms with van der Waals surface area (Å²) < 4.78 is 0. The van der Waals surface area contributed by atoms with E-state index in [-0.39, 0.29) is 11.7 Å². The molecule has 4 rings (SSSR count). The fraction of sp³-hybridized carbons (Fsp3) is 0.0870. The van der Waals surface area contributed by atoms with Gasteiger partial charge in [0.2, 0.25) is 5.91 Å². The zero-order valence-corrected chi connectivity index (χ0v) is 17.6. The Balaban J connectivity index is 1.63. The first kappa shape index (κ1) is 20.2. The Hall–Kier alpha value is -3.09. The minimum Gasteiger partial charge on any atom is -0.333 e. The van der Waals surface area contributed by atoms with Crippen molar-refractivity contribution in [3.63, 3.8) is 0 Å². The number of benzene rings is 3. The Morgan fingerprint density at radius 3 is 2.60 bits per heavy atom. The average molecular weight is 436 g/mol. The number of hydrogen-bond donors (Lipinski definition) is 2. The van der Waals surface area contributed by atoms with E-state index in [0.29, 0.717) is 21.4 Å². The molecule has 5 nitrogen and oxygen atoms in total. The zero-order chi connectivity index (χ0) is 21.1. The number of amides is 1. The largest absolute Gasteiger partial charge is 0.333 e. The van der Waals surface area contributed by atoms with Gasteiger partial charge in [0.05, 0.1) is 11.0 Å². The molecule has 1 amide bonds. The third kappa shape index (κ3) is 4.56. The van der Waals surface area contributed by atoms with Crippen LogP contribution in [0.2, 0.25) is 5.02 Å². The molecule has 0 bridgehead atoms. The van der Waals surface area contributed by atoms with E-state index in [4.69, 9.17) is 11.6 Å². The molecular weight excluding hydrogens is 418 g/mol. The normalized spacial score (nSPS) is 11.9. The molecule has 0 radical (unpaired) electrons. The van der Waals surface area contributed by atoms with Gasteiger partial charge in [-0.3, -0.25) is 9.59 Å². The van der Waals surface area contributed by atoms with Crippen LogP contribution < -0.4 is 5.32 Å². The summed E-state index contributed by atoms with van der Waals surface area (Å²) in [5, 5.41) is 3.62. The van der Waals surface area contributed by atoms with E-state index in [1.165, 1.54) is 18.7 Å². The van der Waals surface area contributed by atoms with E-state index in [1.54, 1.807) is 36.4 Å². The van der Waals surface area contributed by atoms with Gasteiger partial charge in [-0.1, -0.05) is 65.8 Å². The number of aromatic amines is 1. The molecule has 0 saturated heterocycles. The first-order valence-electron chi connectivity index (χ1n) is 9.28. The molecule has 0 fully saturated rings. The topological polar surface area (TPSA) is 74.8 Å². The first-order chi connectivity index (χ1) is 14.5.